The normalized spacial score (nSPS) is 15.0. The first-order valence-corrected chi connectivity index (χ1v) is 11.3. The molecule has 0 aliphatic heterocycles. The van der Waals surface area contributed by atoms with Crippen molar-refractivity contribution in [3.63, 3.8) is 0 Å². The third kappa shape index (κ3) is 4.79. The van der Waals surface area contributed by atoms with Crippen molar-refractivity contribution in [1.82, 2.24) is 19.5 Å². The highest BCUT2D eigenvalue weighted by Gasteiger charge is 2.32. The van der Waals surface area contributed by atoms with Crippen LogP contribution in [0.15, 0.2) is 67.6 Å². The molecule has 1 aliphatic rings. The van der Waals surface area contributed by atoms with E-state index in [0.717, 1.165) is 41.8 Å². The number of aromatic nitrogens is 4. The first-order valence-electron chi connectivity index (χ1n) is 11.3. The van der Waals surface area contributed by atoms with Gasteiger partial charge in [-0.3, -0.25) is 4.79 Å². The molecule has 2 heterocycles. The summed E-state index contributed by atoms with van der Waals surface area (Å²) in [6.07, 6.45) is 5.02. The van der Waals surface area contributed by atoms with Gasteiger partial charge in [-0.1, -0.05) is 6.07 Å². The molecule has 1 amide bonds. The van der Waals surface area contributed by atoms with Crippen LogP contribution in [-0.4, -0.2) is 38.5 Å². The van der Waals surface area contributed by atoms with Gasteiger partial charge >= 0.3 is 6.18 Å². The van der Waals surface area contributed by atoms with Crippen molar-refractivity contribution in [2.75, 3.05) is 17.3 Å². The monoisotopic (exact) mass is 492 g/mol. The van der Waals surface area contributed by atoms with Crippen LogP contribution in [0.25, 0.3) is 5.69 Å². The molecule has 0 saturated heterocycles. The molecular formula is C26H23F3N6O. The molecule has 0 fully saturated rings. The van der Waals surface area contributed by atoms with Gasteiger partial charge in [0, 0.05) is 36.2 Å². The van der Waals surface area contributed by atoms with Crippen molar-refractivity contribution in [3.05, 3.63) is 95.6 Å². The highest BCUT2D eigenvalue weighted by atomic mass is 19.4. The van der Waals surface area contributed by atoms with Gasteiger partial charge in [0.1, 0.15) is 6.33 Å². The third-order valence-corrected chi connectivity index (χ3v) is 6.39. The number of nitrogens with one attached hydrogen (secondary N) is 1. The first-order chi connectivity index (χ1) is 17.2. The number of likely N-dealkylation sites (N-methyl/N-ethyl adjacent to an activating group) is 1. The second-order valence-corrected chi connectivity index (χ2v) is 8.90. The van der Waals surface area contributed by atoms with Gasteiger partial charge in [0.2, 0.25) is 0 Å². The second-order valence-electron chi connectivity index (χ2n) is 8.90. The Labute approximate surface area is 205 Å². The standard InChI is InChI=1S/C26H23F3N6O/c1-16-13-35(15-32-16)23-9-20(26(27,28)29)8-21(10-23)33-25(36)18-4-3-17-6-22(7-19(17)5-18)34(2)24-11-30-14-31-12-24/h3-5,8-15,22H,6-7H2,1-2H3,(H,33,36). The zero-order chi connectivity index (χ0) is 25.4. The van der Waals surface area contributed by atoms with Crippen LogP contribution in [0, 0.1) is 6.92 Å². The van der Waals surface area contributed by atoms with E-state index < -0.39 is 17.6 Å². The first kappa shape index (κ1) is 23.5. The van der Waals surface area contributed by atoms with Crippen molar-refractivity contribution >= 4 is 17.3 Å². The Bertz CT molecular complexity index is 1420. The number of carbonyl (C=O) groups is 1. The number of carbonyl (C=O) groups excluding carboxylic acids is 1. The summed E-state index contributed by atoms with van der Waals surface area (Å²) in [5.41, 5.74) is 3.58. The molecular weight excluding hydrogens is 469 g/mol. The summed E-state index contributed by atoms with van der Waals surface area (Å²) in [4.78, 5) is 27.4. The number of fused-ring (bicyclic) bond motifs is 1. The molecule has 0 radical (unpaired) electrons. The second kappa shape index (κ2) is 9.10. The summed E-state index contributed by atoms with van der Waals surface area (Å²) in [5, 5.41) is 2.64. The molecule has 7 nitrogen and oxygen atoms in total. The zero-order valence-corrected chi connectivity index (χ0v) is 19.6. The van der Waals surface area contributed by atoms with Gasteiger partial charge < -0.3 is 14.8 Å². The van der Waals surface area contributed by atoms with Crippen LogP contribution in [0.4, 0.5) is 24.5 Å². The molecule has 10 heteroatoms. The quantitative estimate of drug-likeness (QED) is 0.431. The molecule has 0 saturated carbocycles. The molecule has 2 aromatic carbocycles. The molecule has 0 bridgehead atoms. The molecule has 36 heavy (non-hydrogen) atoms. The molecule has 4 aromatic rings. The van der Waals surface area contributed by atoms with Gasteiger partial charge in [-0.2, -0.15) is 13.2 Å². The number of aryl methyl sites for hydroxylation is 1. The van der Waals surface area contributed by atoms with Crippen molar-refractivity contribution < 1.29 is 18.0 Å². The molecule has 1 aliphatic carbocycles. The third-order valence-electron chi connectivity index (χ3n) is 6.39. The number of anilines is 2. The number of hydrogen-bond donors (Lipinski definition) is 1. The molecule has 0 spiro atoms. The largest absolute Gasteiger partial charge is 0.416 e. The minimum atomic E-state index is -4.57. The topological polar surface area (TPSA) is 75.9 Å². The van der Waals surface area contributed by atoms with Gasteiger partial charge in [-0.15, -0.1) is 0 Å². The van der Waals surface area contributed by atoms with Gasteiger partial charge in [0.05, 0.1) is 35.7 Å². The summed E-state index contributed by atoms with van der Waals surface area (Å²) in [7, 11) is 1.98. The predicted molar refractivity (Wildman–Crippen MR) is 129 cm³/mol. The molecule has 1 N–H and O–H groups in total. The number of hydrogen-bond acceptors (Lipinski definition) is 5. The van der Waals surface area contributed by atoms with Crippen LogP contribution < -0.4 is 10.2 Å². The van der Waals surface area contributed by atoms with Crippen molar-refractivity contribution in [2.24, 2.45) is 0 Å². The fourth-order valence-electron chi connectivity index (χ4n) is 4.46. The van der Waals surface area contributed by atoms with Crippen LogP contribution in [-0.2, 0) is 19.0 Å². The van der Waals surface area contributed by atoms with E-state index >= 15 is 0 Å². The summed E-state index contributed by atoms with van der Waals surface area (Å²) in [5.74, 6) is -0.474. The van der Waals surface area contributed by atoms with Gasteiger partial charge in [-0.05, 0) is 61.2 Å². The van der Waals surface area contributed by atoms with E-state index in [1.54, 1.807) is 31.6 Å². The fraction of sp³-hybridized carbons (Fsp3) is 0.231. The maximum Gasteiger partial charge on any atom is 0.416 e. The lowest BCUT2D eigenvalue weighted by Crippen LogP contribution is -2.32. The summed E-state index contributed by atoms with van der Waals surface area (Å²) >= 11 is 0. The van der Waals surface area contributed by atoms with Gasteiger partial charge in [-0.25, -0.2) is 15.0 Å². The summed E-state index contributed by atoms with van der Waals surface area (Å²) in [6.45, 7) is 1.75. The highest BCUT2D eigenvalue weighted by Crippen LogP contribution is 2.33. The number of nitrogens with zero attached hydrogens (tertiary/aromatic N) is 5. The van der Waals surface area contributed by atoms with E-state index in [0.29, 0.717) is 11.3 Å². The maximum absolute atomic E-state index is 13.6. The van der Waals surface area contributed by atoms with E-state index in [9.17, 15) is 18.0 Å². The van der Waals surface area contributed by atoms with Crippen LogP contribution >= 0.6 is 0 Å². The lowest BCUT2D eigenvalue weighted by molar-refractivity contribution is -0.137. The minimum Gasteiger partial charge on any atom is -0.368 e. The van der Waals surface area contributed by atoms with E-state index in [1.165, 1.54) is 23.3 Å². The van der Waals surface area contributed by atoms with Crippen molar-refractivity contribution in [2.45, 2.75) is 32.0 Å². The molecule has 5 rings (SSSR count). The van der Waals surface area contributed by atoms with Crippen molar-refractivity contribution in [3.8, 4) is 5.69 Å². The number of imidazole rings is 1. The number of rotatable bonds is 5. The Morgan fingerprint density at radius 3 is 2.53 bits per heavy atom. The van der Waals surface area contributed by atoms with Gasteiger partial charge in [0.15, 0.2) is 0 Å². The van der Waals surface area contributed by atoms with Crippen LogP contribution in [0.5, 0.6) is 0 Å². The lowest BCUT2D eigenvalue weighted by atomic mass is 10.1. The number of halogens is 3. The number of benzene rings is 2. The number of alkyl halides is 3. The number of amides is 1. The summed E-state index contributed by atoms with van der Waals surface area (Å²) < 4.78 is 42.2. The van der Waals surface area contributed by atoms with E-state index in [1.807, 2.05) is 19.2 Å². The Morgan fingerprint density at radius 1 is 1.08 bits per heavy atom. The highest BCUT2D eigenvalue weighted by molar-refractivity contribution is 6.04. The summed E-state index contributed by atoms with van der Waals surface area (Å²) in [6, 6.07) is 9.07. The van der Waals surface area contributed by atoms with Crippen LogP contribution in [0.3, 0.4) is 0 Å². The SMILES string of the molecule is Cc1cn(-c2cc(NC(=O)c3ccc4c(c3)CC(N(C)c3cncnc3)C4)cc(C(F)(F)F)c2)cn1. The molecule has 184 valence electrons. The minimum absolute atomic E-state index is 0.0540. The van der Waals surface area contributed by atoms with Crippen LogP contribution in [0.1, 0.15) is 32.7 Å². The zero-order valence-electron chi connectivity index (χ0n) is 19.6. The Kier molecular flexibility index (Phi) is 5.95. The van der Waals surface area contributed by atoms with E-state index in [-0.39, 0.29) is 17.4 Å². The van der Waals surface area contributed by atoms with E-state index in [2.05, 4.69) is 25.2 Å². The average molecular weight is 493 g/mol. The molecule has 1 atom stereocenters. The average Bonchev–Trinajstić information content (AvgIpc) is 3.49. The Balaban J connectivity index is 1.37. The Morgan fingerprint density at radius 2 is 1.83 bits per heavy atom. The van der Waals surface area contributed by atoms with E-state index in [4.69, 9.17) is 0 Å². The maximum atomic E-state index is 13.6. The smallest absolute Gasteiger partial charge is 0.368 e. The van der Waals surface area contributed by atoms with Crippen LogP contribution in [0.2, 0.25) is 0 Å². The Hall–Kier alpha value is -4.21. The van der Waals surface area contributed by atoms with Gasteiger partial charge in [0.25, 0.3) is 5.91 Å². The molecule has 2 aromatic heterocycles. The molecule has 1 unspecified atom stereocenters. The fourth-order valence-corrected chi connectivity index (χ4v) is 4.46. The predicted octanol–water partition coefficient (Wildman–Crippen LogP) is 4.85. The van der Waals surface area contributed by atoms with Crippen molar-refractivity contribution in [1.29, 1.82) is 0 Å². The lowest BCUT2D eigenvalue weighted by Gasteiger charge is -2.25.